The molecule has 4 nitrogen and oxygen atoms in total. The van der Waals surface area contributed by atoms with E-state index in [-0.39, 0.29) is 10.9 Å². The van der Waals surface area contributed by atoms with Crippen LogP contribution >= 0.6 is 0 Å². The molecule has 1 saturated heterocycles. The van der Waals surface area contributed by atoms with Crippen molar-refractivity contribution >= 4 is 10.0 Å². The van der Waals surface area contributed by atoms with Crippen molar-refractivity contribution in [3.63, 3.8) is 0 Å². The van der Waals surface area contributed by atoms with Crippen LogP contribution in [0.4, 0.5) is 4.39 Å². The summed E-state index contributed by atoms with van der Waals surface area (Å²) in [6, 6.07) is 5.47. The Morgan fingerprint density at radius 3 is 2.56 bits per heavy atom. The molecule has 100 valence electrons. The molecule has 0 aliphatic carbocycles. The number of nitrogens with one attached hydrogen (secondary N) is 1. The van der Waals surface area contributed by atoms with Gasteiger partial charge in [-0.25, -0.2) is 12.8 Å². The van der Waals surface area contributed by atoms with Crippen LogP contribution in [-0.2, 0) is 10.0 Å². The molecule has 1 heterocycles. The SMILES string of the molecule is CCCN(C1CNC1)S(=O)(=O)c1ccccc1F. The van der Waals surface area contributed by atoms with Crippen molar-refractivity contribution in [2.24, 2.45) is 0 Å². The second-order valence-corrected chi connectivity index (χ2v) is 6.22. The zero-order chi connectivity index (χ0) is 13.2. The van der Waals surface area contributed by atoms with Crippen LogP contribution in [0.2, 0.25) is 0 Å². The second kappa shape index (κ2) is 5.34. The monoisotopic (exact) mass is 272 g/mol. The maximum absolute atomic E-state index is 13.6. The summed E-state index contributed by atoms with van der Waals surface area (Å²) in [7, 11) is -3.74. The summed E-state index contributed by atoms with van der Waals surface area (Å²) in [4.78, 5) is -0.231. The molecular formula is C12H17FN2O2S. The van der Waals surface area contributed by atoms with E-state index in [1.807, 2.05) is 6.92 Å². The van der Waals surface area contributed by atoms with Gasteiger partial charge in [0.25, 0.3) is 0 Å². The third kappa shape index (κ3) is 2.41. The van der Waals surface area contributed by atoms with Crippen molar-refractivity contribution in [1.29, 1.82) is 0 Å². The molecule has 1 aromatic rings. The standard InChI is InChI=1S/C12H17FN2O2S/c1-2-7-15(10-8-14-9-10)18(16,17)12-6-4-3-5-11(12)13/h3-6,10,14H,2,7-9H2,1H3. The molecule has 0 aromatic heterocycles. The minimum Gasteiger partial charge on any atom is -0.313 e. The lowest BCUT2D eigenvalue weighted by atomic mass is 10.2. The highest BCUT2D eigenvalue weighted by Crippen LogP contribution is 2.22. The lowest BCUT2D eigenvalue weighted by Gasteiger charge is -2.37. The zero-order valence-electron chi connectivity index (χ0n) is 10.3. The average Bonchev–Trinajstić information content (AvgIpc) is 2.26. The van der Waals surface area contributed by atoms with E-state index < -0.39 is 15.8 Å². The summed E-state index contributed by atoms with van der Waals surface area (Å²) >= 11 is 0. The predicted octanol–water partition coefficient (Wildman–Crippen LogP) is 1.20. The Bertz CT molecular complexity index is 515. The highest BCUT2D eigenvalue weighted by molar-refractivity contribution is 7.89. The van der Waals surface area contributed by atoms with Gasteiger partial charge in [0.1, 0.15) is 10.7 Å². The van der Waals surface area contributed by atoms with Gasteiger partial charge in [-0.2, -0.15) is 4.31 Å². The van der Waals surface area contributed by atoms with Crippen LogP contribution in [-0.4, -0.2) is 38.4 Å². The first-order valence-corrected chi connectivity index (χ1v) is 7.48. The average molecular weight is 272 g/mol. The van der Waals surface area contributed by atoms with E-state index in [2.05, 4.69) is 5.32 Å². The molecule has 0 atom stereocenters. The van der Waals surface area contributed by atoms with Crippen molar-refractivity contribution < 1.29 is 12.8 Å². The van der Waals surface area contributed by atoms with Gasteiger partial charge in [0.15, 0.2) is 0 Å². The van der Waals surface area contributed by atoms with E-state index in [1.54, 1.807) is 6.07 Å². The van der Waals surface area contributed by atoms with Gasteiger partial charge in [0, 0.05) is 19.6 Å². The van der Waals surface area contributed by atoms with Crippen molar-refractivity contribution in [3.8, 4) is 0 Å². The molecule has 0 radical (unpaired) electrons. The molecule has 0 bridgehead atoms. The van der Waals surface area contributed by atoms with Gasteiger partial charge < -0.3 is 5.32 Å². The molecule has 1 aliphatic heterocycles. The third-order valence-electron chi connectivity index (χ3n) is 3.03. The van der Waals surface area contributed by atoms with E-state index in [4.69, 9.17) is 0 Å². The van der Waals surface area contributed by atoms with Crippen LogP contribution in [0.1, 0.15) is 13.3 Å². The van der Waals surface area contributed by atoms with Crippen LogP contribution in [0.15, 0.2) is 29.2 Å². The number of hydrogen-bond acceptors (Lipinski definition) is 3. The fourth-order valence-corrected chi connectivity index (χ4v) is 3.76. The minimum absolute atomic E-state index is 0.0606. The van der Waals surface area contributed by atoms with Gasteiger partial charge in [0.2, 0.25) is 10.0 Å². The maximum Gasteiger partial charge on any atom is 0.246 e. The molecule has 1 N–H and O–H groups in total. The van der Waals surface area contributed by atoms with E-state index in [1.165, 1.54) is 22.5 Å². The Hall–Kier alpha value is -0.980. The topological polar surface area (TPSA) is 49.4 Å². The van der Waals surface area contributed by atoms with Crippen LogP contribution in [0.3, 0.4) is 0 Å². The molecule has 0 spiro atoms. The normalized spacial score (nSPS) is 16.8. The lowest BCUT2D eigenvalue weighted by Crippen LogP contribution is -2.58. The molecule has 0 saturated carbocycles. The zero-order valence-corrected chi connectivity index (χ0v) is 11.1. The molecule has 2 rings (SSSR count). The molecule has 1 fully saturated rings. The Kier molecular flexibility index (Phi) is 3.99. The van der Waals surface area contributed by atoms with Gasteiger partial charge >= 0.3 is 0 Å². The Morgan fingerprint density at radius 2 is 2.06 bits per heavy atom. The van der Waals surface area contributed by atoms with Gasteiger partial charge in [-0.05, 0) is 18.6 Å². The first kappa shape index (κ1) is 13.5. The molecule has 1 aliphatic rings. The quantitative estimate of drug-likeness (QED) is 0.876. The van der Waals surface area contributed by atoms with Gasteiger partial charge in [-0.3, -0.25) is 0 Å². The third-order valence-corrected chi connectivity index (χ3v) is 5.02. The van der Waals surface area contributed by atoms with Crippen LogP contribution < -0.4 is 5.32 Å². The fraction of sp³-hybridized carbons (Fsp3) is 0.500. The van der Waals surface area contributed by atoms with E-state index >= 15 is 0 Å². The summed E-state index contributed by atoms with van der Waals surface area (Å²) in [5.41, 5.74) is 0. The molecule has 18 heavy (non-hydrogen) atoms. The predicted molar refractivity (Wildman–Crippen MR) is 67.2 cm³/mol. The van der Waals surface area contributed by atoms with Crippen molar-refractivity contribution in [1.82, 2.24) is 9.62 Å². The van der Waals surface area contributed by atoms with Crippen molar-refractivity contribution in [3.05, 3.63) is 30.1 Å². The van der Waals surface area contributed by atoms with E-state index in [9.17, 15) is 12.8 Å². The Morgan fingerprint density at radius 1 is 1.39 bits per heavy atom. The van der Waals surface area contributed by atoms with Gasteiger partial charge in [-0.15, -0.1) is 0 Å². The van der Waals surface area contributed by atoms with Crippen molar-refractivity contribution in [2.75, 3.05) is 19.6 Å². The number of rotatable bonds is 5. The molecule has 1 aromatic carbocycles. The Labute approximate surface area is 107 Å². The number of nitrogens with zero attached hydrogens (tertiary/aromatic N) is 1. The highest BCUT2D eigenvalue weighted by atomic mass is 32.2. The summed E-state index contributed by atoms with van der Waals surface area (Å²) in [6.45, 7) is 3.60. The second-order valence-electron chi connectivity index (χ2n) is 4.36. The first-order valence-electron chi connectivity index (χ1n) is 6.04. The number of halogens is 1. The smallest absolute Gasteiger partial charge is 0.246 e. The van der Waals surface area contributed by atoms with Crippen molar-refractivity contribution in [2.45, 2.75) is 24.3 Å². The van der Waals surface area contributed by atoms with E-state index in [0.717, 1.165) is 0 Å². The molecule has 6 heteroatoms. The fourth-order valence-electron chi connectivity index (χ4n) is 1.98. The van der Waals surface area contributed by atoms with Gasteiger partial charge in [-0.1, -0.05) is 19.1 Å². The number of sulfonamides is 1. The molecular weight excluding hydrogens is 255 g/mol. The summed E-state index contributed by atoms with van der Waals surface area (Å²) in [5, 5.41) is 3.04. The number of hydrogen-bond donors (Lipinski definition) is 1. The maximum atomic E-state index is 13.6. The van der Waals surface area contributed by atoms with Crippen LogP contribution in [0.5, 0.6) is 0 Å². The lowest BCUT2D eigenvalue weighted by molar-refractivity contribution is 0.241. The molecule has 0 amide bonds. The van der Waals surface area contributed by atoms with E-state index in [0.29, 0.717) is 26.1 Å². The number of benzene rings is 1. The van der Waals surface area contributed by atoms with Crippen LogP contribution in [0, 0.1) is 5.82 Å². The minimum atomic E-state index is -3.74. The Balaban J connectivity index is 2.36. The van der Waals surface area contributed by atoms with Crippen LogP contribution in [0.25, 0.3) is 0 Å². The first-order chi connectivity index (χ1) is 8.57. The largest absolute Gasteiger partial charge is 0.313 e. The van der Waals surface area contributed by atoms with Gasteiger partial charge in [0.05, 0.1) is 6.04 Å². The summed E-state index contributed by atoms with van der Waals surface area (Å²) in [5.74, 6) is -0.689. The summed E-state index contributed by atoms with van der Waals surface area (Å²) < 4.78 is 39.9. The summed E-state index contributed by atoms with van der Waals surface area (Å²) in [6.07, 6.45) is 0.712. The highest BCUT2D eigenvalue weighted by Gasteiger charge is 2.35. The molecule has 0 unspecified atom stereocenters.